The van der Waals surface area contributed by atoms with E-state index >= 15 is 0 Å². The van der Waals surface area contributed by atoms with E-state index in [0.717, 1.165) is 5.56 Å². The molecule has 3 aliphatic rings. The fraction of sp³-hybridized carbons (Fsp3) is 0.441. The molecule has 260 valence electrons. The van der Waals surface area contributed by atoms with Crippen molar-refractivity contribution in [3.05, 3.63) is 77.6 Å². The van der Waals surface area contributed by atoms with Crippen LogP contribution < -0.4 is 26.0 Å². The second-order valence-corrected chi connectivity index (χ2v) is 12.4. The van der Waals surface area contributed by atoms with Crippen LogP contribution in [0.4, 0.5) is 0 Å². The van der Waals surface area contributed by atoms with Gasteiger partial charge in [-0.15, -0.1) is 5.10 Å². The Kier molecular flexibility index (Phi) is 11.2. The molecule has 3 aliphatic heterocycles. The van der Waals surface area contributed by atoms with Gasteiger partial charge in [-0.25, -0.2) is 9.48 Å². The number of carbonyl (C=O) groups excluding carboxylic acids is 4. The third-order valence-electron chi connectivity index (χ3n) is 8.93. The molecule has 4 amide bonds. The van der Waals surface area contributed by atoms with Gasteiger partial charge < -0.3 is 36.0 Å². The van der Waals surface area contributed by atoms with Gasteiger partial charge in [-0.2, -0.15) is 0 Å². The van der Waals surface area contributed by atoms with Crippen LogP contribution in [-0.4, -0.2) is 98.4 Å². The number of likely N-dealkylation sites (N-methyl/N-ethyl adjacent to an activating group) is 1. The number of nitrogens with one attached hydrogen (secondary N) is 4. The summed E-state index contributed by atoms with van der Waals surface area (Å²) in [6, 6.07) is 10.5. The summed E-state index contributed by atoms with van der Waals surface area (Å²) in [6.45, 7) is 3.62. The van der Waals surface area contributed by atoms with Crippen LogP contribution in [0.5, 0.6) is 5.75 Å². The fourth-order valence-corrected chi connectivity index (χ4v) is 5.94. The summed E-state index contributed by atoms with van der Waals surface area (Å²) in [7, 11) is 1.64. The van der Waals surface area contributed by atoms with Crippen molar-refractivity contribution >= 4 is 29.6 Å². The largest absolute Gasteiger partial charge is 0.487 e. The van der Waals surface area contributed by atoms with Crippen LogP contribution in [0.2, 0.25) is 0 Å². The number of hydrogen-bond donors (Lipinski definition) is 5. The van der Waals surface area contributed by atoms with Crippen LogP contribution >= 0.6 is 0 Å². The molecule has 6 unspecified atom stereocenters. The summed E-state index contributed by atoms with van der Waals surface area (Å²) in [5, 5.41) is 29.6. The number of amides is 4. The number of aliphatic carboxylic acids is 1. The summed E-state index contributed by atoms with van der Waals surface area (Å²) < 4.78 is 7.47. The molecule has 6 rings (SSSR count). The average molecular weight is 675 g/mol. The lowest BCUT2D eigenvalue weighted by Crippen LogP contribution is -2.58. The third kappa shape index (κ3) is 8.59. The standard InChI is InChI=1S/C34H42N8O7/c1-4-26(36-30(43)20(2)35-3)33(46)41-18-24-16-29(41)32(45)37-27(14-21-8-6-5-7-9-21)31(44)38-28(34(47)48)15-22-10-12-25(13-11-22)49-19-23-17-42(24)40-39-23/h5-13,17,20,24,26-29,35H,4,14-16,18-19H2,1-3H3,(H,36,43)(H,37,45)(H,38,44)(H,47,48). The molecule has 5 N–H and O–H groups in total. The molecule has 49 heavy (non-hydrogen) atoms. The normalized spacial score (nSPS) is 22.4. The minimum atomic E-state index is -1.28. The van der Waals surface area contributed by atoms with Crippen molar-refractivity contribution in [2.75, 3.05) is 13.6 Å². The second kappa shape index (κ2) is 15.7. The van der Waals surface area contributed by atoms with Gasteiger partial charge in [-0.3, -0.25) is 19.2 Å². The van der Waals surface area contributed by atoms with Gasteiger partial charge in [0.05, 0.1) is 18.3 Å². The Hall–Kier alpha value is -5.31. The first-order valence-electron chi connectivity index (χ1n) is 16.3. The molecular formula is C34H42N8O7. The molecule has 4 heterocycles. The lowest BCUT2D eigenvalue weighted by Gasteiger charge is -2.30. The van der Waals surface area contributed by atoms with Crippen molar-refractivity contribution in [1.82, 2.24) is 41.2 Å². The number of carboxylic acids is 1. The van der Waals surface area contributed by atoms with Crippen LogP contribution in [0.25, 0.3) is 0 Å². The number of carbonyl (C=O) groups is 5. The zero-order valence-electron chi connectivity index (χ0n) is 27.7. The Morgan fingerprint density at radius 2 is 1.80 bits per heavy atom. The van der Waals surface area contributed by atoms with Gasteiger partial charge in [0.15, 0.2) is 0 Å². The Balaban J connectivity index is 1.50. The van der Waals surface area contributed by atoms with Crippen LogP contribution in [0.15, 0.2) is 60.8 Å². The number of likely N-dealkylation sites (tertiary alicyclic amines) is 1. The summed E-state index contributed by atoms with van der Waals surface area (Å²) in [5.41, 5.74) is 1.92. The number of aromatic nitrogens is 3. The average Bonchev–Trinajstić information content (AvgIpc) is 3.77. The van der Waals surface area contributed by atoms with Gasteiger partial charge in [-0.1, -0.05) is 54.6 Å². The molecule has 0 saturated carbocycles. The smallest absolute Gasteiger partial charge is 0.326 e. The summed E-state index contributed by atoms with van der Waals surface area (Å²) in [5.74, 6) is -2.80. The maximum absolute atomic E-state index is 14.2. The first-order chi connectivity index (χ1) is 23.6. The molecule has 15 heteroatoms. The number of hydrogen-bond acceptors (Lipinski definition) is 9. The number of fused-ring (bicyclic) bond motifs is 9. The van der Waals surface area contributed by atoms with E-state index in [-0.39, 0.29) is 44.7 Å². The van der Waals surface area contributed by atoms with Crippen molar-refractivity contribution in [3.63, 3.8) is 0 Å². The van der Waals surface area contributed by atoms with Crippen LogP contribution in [0.1, 0.15) is 49.6 Å². The second-order valence-electron chi connectivity index (χ2n) is 12.4. The first kappa shape index (κ1) is 35.0. The molecule has 2 aromatic carbocycles. The highest BCUT2D eigenvalue weighted by atomic mass is 16.5. The van der Waals surface area contributed by atoms with Crippen molar-refractivity contribution in [2.45, 2.75) is 82.4 Å². The maximum atomic E-state index is 14.2. The highest BCUT2D eigenvalue weighted by molar-refractivity contribution is 5.96. The van der Waals surface area contributed by atoms with E-state index in [1.165, 1.54) is 4.90 Å². The van der Waals surface area contributed by atoms with E-state index in [1.54, 1.807) is 80.3 Å². The molecule has 0 radical (unpaired) electrons. The molecule has 1 saturated heterocycles. The van der Waals surface area contributed by atoms with Crippen LogP contribution in [0, 0.1) is 0 Å². The van der Waals surface area contributed by atoms with Gasteiger partial charge in [0.25, 0.3) is 0 Å². The van der Waals surface area contributed by atoms with E-state index in [9.17, 15) is 29.1 Å². The zero-order valence-corrected chi connectivity index (χ0v) is 27.7. The van der Waals surface area contributed by atoms with Crippen molar-refractivity contribution < 1.29 is 33.8 Å². The fourth-order valence-electron chi connectivity index (χ4n) is 5.94. The highest BCUT2D eigenvalue weighted by Crippen LogP contribution is 2.29. The molecule has 6 atom stereocenters. The lowest BCUT2D eigenvalue weighted by atomic mass is 10.0. The van der Waals surface area contributed by atoms with Crippen molar-refractivity contribution in [1.29, 1.82) is 0 Å². The first-order valence-corrected chi connectivity index (χ1v) is 16.3. The van der Waals surface area contributed by atoms with Gasteiger partial charge in [0, 0.05) is 25.8 Å². The number of ether oxygens (including phenoxy) is 1. The van der Waals surface area contributed by atoms with Crippen molar-refractivity contribution in [3.8, 4) is 5.75 Å². The molecule has 1 aromatic heterocycles. The number of benzene rings is 2. The summed E-state index contributed by atoms with van der Waals surface area (Å²) >= 11 is 0. The molecule has 6 bridgehead atoms. The molecule has 3 aromatic rings. The molecular weight excluding hydrogens is 632 g/mol. The van der Waals surface area contributed by atoms with E-state index in [0.29, 0.717) is 17.0 Å². The van der Waals surface area contributed by atoms with Gasteiger partial charge in [-0.05, 0) is 43.7 Å². The summed E-state index contributed by atoms with van der Waals surface area (Å²) in [6.07, 6.45) is 2.19. The highest BCUT2D eigenvalue weighted by Gasteiger charge is 2.44. The van der Waals surface area contributed by atoms with Crippen LogP contribution in [0.3, 0.4) is 0 Å². The van der Waals surface area contributed by atoms with E-state index in [2.05, 4.69) is 31.6 Å². The Labute approximate surface area is 283 Å². The van der Waals surface area contributed by atoms with Gasteiger partial charge in [0.2, 0.25) is 23.6 Å². The number of rotatable bonds is 8. The maximum Gasteiger partial charge on any atom is 0.326 e. The van der Waals surface area contributed by atoms with E-state index in [4.69, 9.17) is 4.74 Å². The van der Waals surface area contributed by atoms with Gasteiger partial charge >= 0.3 is 5.97 Å². The van der Waals surface area contributed by atoms with E-state index < -0.39 is 59.9 Å². The SMILES string of the molecule is CCC(NC(=O)C(C)NC)C(=O)N1CC2CC1C(=O)NC(Cc1ccccc1)C(=O)NC(C(=O)O)Cc1ccc(cc1)OCc1cn2nn1. The molecule has 1 fully saturated rings. The number of carboxylic acid groups (broad SMARTS) is 1. The minimum Gasteiger partial charge on any atom is -0.487 e. The predicted molar refractivity (Wildman–Crippen MR) is 176 cm³/mol. The Morgan fingerprint density at radius 1 is 1.06 bits per heavy atom. The monoisotopic (exact) mass is 674 g/mol. The third-order valence-corrected chi connectivity index (χ3v) is 8.93. The number of nitrogens with zero attached hydrogens (tertiary/aromatic N) is 4. The van der Waals surface area contributed by atoms with Crippen molar-refractivity contribution in [2.24, 2.45) is 0 Å². The molecule has 0 spiro atoms. The van der Waals surface area contributed by atoms with Gasteiger partial charge in [0.1, 0.15) is 42.2 Å². The van der Waals surface area contributed by atoms with E-state index in [1.807, 2.05) is 6.07 Å². The van der Waals surface area contributed by atoms with Crippen LogP contribution in [-0.2, 0) is 43.4 Å². The quantitative estimate of drug-likeness (QED) is 0.222. The Bertz CT molecular complexity index is 1650. The summed E-state index contributed by atoms with van der Waals surface area (Å²) in [4.78, 5) is 68.4. The lowest BCUT2D eigenvalue weighted by molar-refractivity contribution is -0.143. The Morgan fingerprint density at radius 3 is 2.47 bits per heavy atom. The minimum absolute atomic E-state index is 0.00936. The zero-order chi connectivity index (χ0) is 35.1. The predicted octanol–water partition coefficient (Wildman–Crippen LogP) is 0.355. The molecule has 15 nitrogen and oxygen atoms in total. The molecule has 0 aliphatic carbocycles. The topological polar surface area (TPSA) is 197 Å².